The molecule has 0 saturated heterocycles. The van der Waals surface area contributed by atoms with Gasteiger partial charge in [0.05, 0.1) is 0 Å². The van der Waals surface area contributed by atoms with E-state index in [0.29, 0.717) is 12.5 Å². The van der Waals surface area contributed by atoms with Crippen LogP contribution in [-0.4, -0.2) is 6.54 Å². The van der Waals surface area contributed by atoms with Crippen molar-refractivity contribution in [1.29, 1.82) is 0 Å². The summed E-state index contributed by atoms with van der Waals surface area (Å²) in [5.41, 5.74) is 14.4. The van der Waals surface area contributed by atoms with Gasteiger partial charge in [0.1, 0.15) is 0 Å². The summed E-state index contributed by atoms with van der Waals surface area (Å²) in [6.07, 6.45) is 0.938. The Bertz CT molecular complexity index is 534. The van der Waals surface area contributed by atoms with Crippen LogP contribution in [0.25, 0.3) is 10.8 Å². The lowest BCUT2D eigenvalue weighted by Crippen LogP contribution is -2.19. The summed E-state index contributed by atoms with van der Waals surface area (Å²) < 4.78 is 0. The zero-order valence-electron chi connectivity index (χ0n) is 11.2. The van der Waals surface area contributed by atoms with Crippen LogP contribution in [0.4, 0.5) is 0 Å². The smallest absolute Gasteiger partial charge is 0.0298 e. The number of hydrogen-bond acceptors (Lipinski definition) is 2. The normalized spacial score (nSPS) is 14.7. The molecular weight excluding hydrogens is 220 g/mol. The third-order valence-corrected chi connectivity index (χ3v) is 3.51. The number of hydrogen-bond donors (Lipinski definition) is 2. The largest absolute Gasteiger partial charge is 0.330 e. The second-order valence-corrected chi connectivity index (χ2v) is 5.29. The SMILES string of the molecule is Cc1ccc2cc(C(N)CC(C)CN)ccc2c1. The van der Waals surface area contributed by atoms with Gasteiger partial charge < -0.3 is 11.5 Å². The molecule has 18 heavy (non-hydrogen) atoms. The lowest BCUT2D eigenvalue weighted by Gasteiger charge is -2.16. The molecule has 2 unspecified atom stereocenters. The fourth-order valence-corrected chi connectivity index (χ4v) is 2.28. The van der Waals surface area contributed by atoms with E-state index in [4.69, 9.17) is 11.5 Å². The fraction of sp³-hybridized carbons (Fsp3) is 0.375. The van der Waals surface area contributed by atoms with Crippen LogP contribution in [-0.2, 0) is 0 Å². The molecule has 0 saturated carbocycles. The molecule has 0 fully saturated rings. The molecule has 0 bridgehead atoms. The summed E-state index contributed by atoms with van der Waals surface area (Å²) in [4.78, 5) is 0. The van der Waals surface area contributed by atoms with Gasteiger partial charge in [0.2, 0.25) is 0 Å². The van der Waals surface area contributed by atoms with E-state index >= 15 is 0 Å². The van der Waals surface area contributed by atoms with Gasteiger partial charge in [-0.05, 0) is 48.2 Å². The number of fused-ring (bicyclic) bond motifs is 1. The minimum absolute atomic E-state index is 0.0780. The molecule has 0 aliphatic carbocycles. The molecule has 0 aromatic heterocycles. The van der Waals surface area contributed by atoms with Gasteiger partial charge >= 0.3 is 0 Å². The average Bonchev–Trinajstić information content (AvgIpc) is 2.37. The second-order valence-electron chi connectivity index (χ2n) is 5.29. The minimum atomic E-state index is 0.0780. The first-order chi connectivity index (χ1) is 8.60. The van der Waals surface area contributed by atoms with Gasteiger partial charge in [0.25, 0.3) is 0 Å². The summed E-state index contributed by atoms with van der Waals surface area (Å²) in [6.45, 7) is 4.95. The third kappa shape index (κ3) is 2.89. The molecule has 0 heterocycles. The maximum Gasteiger partial charge on any atom is 0.0298 e. The van der Waals surface area contributed by atoms with Crippen LogP contribution in [0, 0.1) is 12.8 Å². The molecule has 2 heteroatoms. The number of nitrogens with two attached hydrogens (primary N) is 2. The van der Waals surface area contributed by atoms with Crippen molar-refractivity contribution >= 4 is 10.8 Å². The molecule has 0 spiro atoms. The first kappa shape index (κ1) is 13.1. The standard InChI is InChI=1S/C16H22N2/c1-11-3-4-14-9-15(6-5-13(14)7-11)16(18)8-12(2)10-17/h3-7,9,12,16H,8,10,17-18H2,1-2H3. The molecule has 96 valence electrons. The molecule has 2 rings (SSSR count). The topological polar surface area (TPSA) is 52.0 Å². The van der Waals surface area contributed by atoms with Crippen molar-refractivity contribution in [1.82, 2.24) is 0 Å². The maximum atomic E-state index is 6.24. The Kier molecular flexibility index (Phi) is 4.00. The lowest BCUT2D eigenvalue weighted by atomic mass is 9.94. The molecule has 2 nitrogen and oxygen atoms in total. The first-order valence-electron chi connectivity index (χ1n) is 6.56. The van der Waals surface area contributed by atoms with Crippen molar-refractivity contribution in [2.45, 2.75) is 26.3 Å². The average molecular weight is 242 g/mol. The number of benzene rings is 2. The maximum absolute atomic E-state index is 6.24. The van der Waals surface area contributed by atoms with Crippen LogP contribution in [0.5, 0.6) is 0 Å². The van der Waals surface area contributed by atoms with Crippen LogP contribution in [0.3, 0.4) is 0 Å². The van der Waals surface area contributed by atoms with Gasteiger partial charge in [0, 0.05) is 6.04 Å². The van der Waals surface area contributed by atoms with Crippen LogP contribution in [0.1, 0.15) is 30.5 Å². The molecule has 0 amide bonds. The highest BCUT2D eigenvalue weighted by Crippen LogP contribution is 2.23. The summed E-state index contributed by atoms with van der Waals surface area (Å²) in [6, 6.07) is 13.1. The number of aryl methyl sites for hydroxylation is 1. The van der Waals surface area contributed by atoms with Gasteiger partial charge in [-0.3, -0.25) is 0 Å². The third-order valence-electron chi connectivity index (χ3n) is 3.51. The van der Waals surface area contributed by atoms with E-state index in [9.17, 15) is 0 Å². The summed E-state index contributed by atoms with van der Waals surface area (Å²) >= 11 is 0. The van der Waals surface area contributed by atoms with Gasteiger partial charge in [0.15, 0.2) is 0 Å². The highest BCUT2D eigenvalue weighted by molar-refractivity contribution is 5.83. The van der Waals surface area contributed by atoms with E-state index in [1.807, 2.05) is 0 Å². The Labute approximate surface area is 109 Å². The Morgan fingerprint density at radius 3 is 2.44 bits per heavy atom. The highest BCUT2D eigenvalue weighted by Gasteiger charge is 2.10. The van der Waals surface area contributed by atoms with E-state index in [1.165, 1.54) is 21.9 Å². The molecule has 0 radical (unpaired) electrons. The first-order valence-corrected chi connectivity index (χ1v) is 6.56. The molecule has 2 aromatic carbocycles. The van der Waals surface area contributed by atoms with Crippen LogP contribution in [0.2, 0.25) is 0 Å². The van der Waals surface area contributed by atoms with Crippen LogP contribution < -0.4 is 11.5 Å². The van der Waals surface area contributed by atoms with E-state index in [0.717, 1.165) is 6.42 Å². The van der Waals surface area contributed by atoms with Crippen molar-refractivity contribution < 1.29 is 0 Å². The van der Waals surface area contributed by atoms with E-state index in [2.05, 4.69) is 50.2 Å². The second kappa shape index (κ2) is 5.51. The molecule has 4 N–H and O–H groups in total. The number of rotatable bonds is 4. The van der Waals surface area contributed by atoms with Gasteiger partial charge in [-0.2, -0.15) is 0 Å². The zero-order valence-corrected chi connectivity index (χ0v) is 11.2. The van der Waals surface area contributed by atoms with Crippen molar-refractivity contribution in [2.24, 2.45) is 17.4 Å². The summed E-state index contributed by atoms with van der Waals surface area (Å²) in [5.74, 6) is 0.466. The van der Waals surface area contributed by atoms with E-state index < -0.39 is 0 Å². The van der Waals surface area contributed by atoms with Crippen LogP contribution in [0.15, 0.2) is 36.4 Å². The predicted octanol–water partition coefficient (Wildman–Crippen LogP) is 3.13. The van der Waals surface area contributed by atoms with Crippen molar-refractivity contribution in [2.75, 3.05) is 6.54 Å². The molecule has 2 atom stereocenters. The Morgan fingerprint density at radius 1 is 1.06 bits per heavy atom. The fourth-order valence-electron chi connectivity index (χ4n) is 2.28. The quantitative estimate of drug-likeness (QED) is 0.865. The molecule has 0 aliphatic rings. The van der Waals surface area contributed by atoms with E-state index in [1.54, 1.807) is 0 Å². The van der Waals surface area contributed by atoms with Gasteiger partial charge in [-0.1, -0.05) is 42.8 Å². The monoisotopic (exact) mass is 242 g/mol. The molecular formula is C16H22N2. The van der Waals surface area contributed by atoms with Crippen molar-refractivity contribution in [3.63, 3.8) is 0 Å². The molecule has 2 aromatic rings. The van der Waals surface area contributed by atoms with Gasteiger partial charge in [-0.25, -0.2) is 0 Å². The minimum Gasteiger partial charge on any atom is -0.330 e. The van der Waals surface area contributed by atoms with E-state index in [-0.39, 0.29) is 6.04 Å². The summed E-state index contributed by atoms with van der Waals surface area (Å²) in [7, 11) is 0. The highest BCUT2D eigenvalue weighted by atomic mass is 14.6. The Balaban J connectivity index is 2.26. The van der Waals surface area contributed by atoms with Gasteiger partial charge in [-0.15, -0.1) is 0 Å². The lowest BCUT2D eigenvalue weighted by molar-refractivity contribution is 0.482. The predicted molar refractivity (Wildman–Crippen MR) is 78.4 cm³/mol. The van der Waals surface area contributed by atoms with Crippen molar-refractivity contribution in [3.8, 4) is 0 Å². The molecule has 0 aliphatic heterocycles. The Morgan fingerprint density at radius 2 is 1.72 bits per heavy atom. The van der Waals surface area contributed by atoms with Crippen LogP contribution >= 0.6 is 0 Å². The zero-order chi connectivity index (χ0) is 13.1. The van der Waals surface area contributed by atoms with Crippen molar-refractivity contribution in [3.05, 3.63) is 47.5 Å². The Hall–Kier alpha value is -1.38. The summed E-state index contributed by atoms with van der Waals surface area (Å²) in [5, 5.41) is 2.53.